The average molecular weight is 250 g/mol. The van der Waals surface area contributed by atoms with Crippen molar-refractivity contribution in [1.29, 1.82) is 0 Å². The molecule has 2 rings (SSSR count). The zero-order valence-electron chi connectivity index (χ0n) is 9.18. The largest absolute Gasteiger partial charge is 0.369 e. The number of nitrogens with two attached hydrogens (primary N) is 2. The normalized spacial score (nSPS) is 10.2. The third kappa shape index (κ3) is 3.30. The molecule has 6 nitrogen and oxygen atoms in total. The summed E-state index contributed by atoms with van der Waals surface area (Å²) in [6.07, 6.45) is 0.951. The Hall–Kier alpha value is -1.86. The lowest BCUT2D eigenvalue weighted by atomic mass is 10.3. The standard InChI is InChI=1S/C10H14N6S/c11-10-14-8(6-9(15-10)16-12)13-4-3-7-2-1-5-17-7/h1-2,5-6H,3-4,12H2,(H4,11,13,14,15,16). The van der Waals surface area contributed by atoms with E-state index in [-0.39, 0.29) is 5.95 Å². The highest BCUT2D eigenvalue weighted by molar-refractivity contribution is 7.09. The van der Waals surface area contributed by atoms with Gasteiger partial charge >= 0.3 is 0 Å². The highest BCUT2D eigenvalue weighted by atomic mass is 32.1. The van der Waals surface area contributed by atoms with E-state index >= 15 is 0 Å². The Morgan fingerprint density at radius 3 is 2.82 bits per heavy atom. The number of aromatic nitrogens is 2. The number of anilines is 3. The number of nitrogen functional groups attached to an aromatic ring is 2. The third-order valence-corrected chi connectivity index (χ3v) is 3.09. The van der Waals surface area contributed by atoms with Gasteiger partial charge in [0.25, 0.3) is 0 Å². The summed E-state index contributed by atoms with van der Waals surface area (Å²) < 4.78 is 0. The van der Waals surface area contributed by atoms with Gasteiger partial charge in [-0.1, -0.05) is 6.07 Å². The summed E-state index contributed by atoms with van der Waals surface area (Å²) in [6.45, 7) is 0.793. The second kappa shape index (κ2) is 5.46. The first-order chi connectivity index (χ1) is 8.28. The fourth-order valence-electron chi connectivity index (χ4n) is 1.40. The maximum Gasteiger partial charge on any atom is 0.223 e. The van der Waals surface area contributed by atoms with E-state index in [0.717, 1.165) is 13.0 Å². The number of hydrogen-bond donors (Lipinski definition) is 4. The van der Waals surface area contributed by atoms with E-state index in [1.54, 1.807) is 17.4 Å². The van der Waals surface area contributed by atoms with Crippen LogP contribution in [0.1, 0.15) is 4.88 Å². The van der Waals surface area contributed by atoms with Crippen molar-refractivity contribution in [2.45, 2.75) is 6.42 Å². The molecule has 17 heavy (non-hydrogen) atoms. The van der Waals surface area contributed by atoms with E-state index in [2.05, 4.69) is 32.2 Å². The molecule has 0 fully saturated rings. The molecule has 2 aromatic heterocycles. The van der Waals surface area contributed by atoms with E-state index in [1.807, 2.05) is 6.07 Å². The lowest BCUT2D eigenvalue weighted by Crippen LogP contribution is -2.12. The molecule has 0 radical (unpaired) electrons. The van der Waals surface area contributed by atoms with Crippen molar-refractivity contribution in [3.63, 3.8) is 0 Å². The fraction of sp³-hybridized carbons (Fsp3) is 0.200. The summed E-state index contributed by atoms with van der Waals surface area (Å²) in [7, 11) is 0. The van der Waals surface area contributed by atoms with Gasteiger partial charge in [-0.3, -0.25) is 0 Å². The summed E-state index contributed by atoms with van der Waals surface area (Å²) in [5.74, 6) is 6.63. The van der Waals surface area contributed by atoms with Crippen molar-refractivity contribution in [1.82, 2.24) is 9.97 Å². The van der Waals surface area contributed by atoms with Gasteiger partial charge in [-0.15, -0.1) is 11.3 Å². The minimum atomic E-state index is 0.194. The molecule has 2 heterocycles. The lowest BCUT2D eigenvalue weighted by Gasteiger charge is -2.07. The van der Waals surface area contributed by atoms with Gasteiger partial charge in [0.05, 0.1) is 0 Å². The maximum absolute atomic E-state index is 5.55. The second-order valence-corrected chi connectivity index (χ2v) is 4.43. The van der Waals surface area contributed by atoms with E-state index in [4.69, 9.17) is 11.6 Å². The smallest absolute Gasteiger partial charge is 0.223 e. The molecular formula is C10H14N6S. The van der Waals surface area contributed by atoms with Crippen molar-refractivity contribution >= 4 is 28.9 Å². The topological polar surface area (TPSA) is 102 Å². The van der Waals surface area contributed by atoms with E-state index in [0.29, 0.717) is 11.6 Å². The first-order valence-corrected chi connectivity index (χ1v) is 6.03. The maximum atomic E-state index is 5.55. The molecule has 0 saturated heterocycles. The van der Waals surface area contributed by atoms with Crippen molar-refractivity contribution in [2.75, 3.05) is 23.0 Å². The first kappa shape index (κ1) is 11.6. The Bertz CT molecular complexity index is 470. The Morgan fingerprint density at radius 1 is 1.29 bits per heavy atom. The molecule has 90 valence electrons. The van der Waals surface area contributed by atoms with Gasteiger partial charge in [-0.05, 0) is 17.9 Å². The van der Waals surface area contributed by atoms with E-state index in [9.17, 15) is 0 Å². The number of nitrogens with zero attached hydrogens (tertiary/aromatic N) is 2. The van der Waals surface area contributed by atoms with Crippen LogP contribution >= 0.6 is 11.3 Å². The minimum absolute atomic E-state index is 0.194. The number of rotatable bonds is 5. The van der Waals surface area contributed by atoms with Gasteiger partial charge in [-0.25, -0.2) is 5.84 Å². The molecule has 0 amide bonds. The highest BCUT2D eigenvalue weighted by Crippen LogP contribution is 2.12. The quantitative estimate of drug-likeness (QED) is 0.467. The van der Waals surface area contributed by atoms with Gasteiger partial charge in [-0.2, -0.15) is 9.97 Å². The summed E-state index contributed by atoms with van der Waals surface area (Å²) in [5.41, 5.74) is 7.99. The van der Waals surface area contributed by atoms with Crippen LogP contribution in [-0.4, -0.2) is 16.5 Å². The predicted molar refractivity (Wildman–Crippen MR) is 70.8 cm³/mol. The molecule has 0 atom stereocenters. The Morgan fingerprint density at radius 2 is 2.12 bits per heavy atom. The van der Waals surface area contributed by atoms with Crippen LogP contribution in [0, 0.1) is 0 Å². The van der Waals surface area contributed by atoms with Crippen LogP contribution in [0.2, 0.25) is 0 Å². The van der Waals surface area contributed by atoms with Crippen molar-refractivity contribution in [3.05, 3.63) is 28.5 Å². The van der Waals surface area contributed by atoms with Crippen LogP contribution in [0.25, 0.3) is 0 Å². The average Bonchev–Trinajstić information content (AvgIpc) is 2.81. The van der Waals surface area contributed by atoms with Gasteiger partial charge in [0.1, 0.15) is 11.6 Å². The molecule has 6 N–H and O–H groups in total. The van der Waals surface area contributed by atoms with Gasteiger partial charge < -0.3 is 16.5 Å². The van der Waals surface area contributed by atoms with Crippen molar-refractivity contribution in [2.24, 2.45) is 5.84 Å². The number of hydrazine groups is 1. The molecule has 0 spiro atoms. The van der Waals surface area contributed by atoms with Crippen LogP contribution in [-0.2, 0) is 6.42 Å². The Kier molecular flexibility index (Phi) is 3.73. The molecule has 0 aliphatic rings. The third-order valence-electron chi connectivity index (χ3n) is 2.15. The van der Waals surface area contributed by atoms with Gasteiger partial charge in [0.15, 0.2) is 0 Å². The number of thiophene rings is 1. The van der Waals surface area contributed by atoms with Crippen molar-refractivity contribution < 1.29 is 0 Å². The van der Waals surface area contributed by atoms with Gasteiger partial charge in [0.2, 0.25) is 5.95 Å². The fourth-order valence-corrected chi connectivity index (χ4v) is 2.11. The Balaban J connectivity index is 1.92. The first-order valence-electron chi connectivity index (χ1n) is 5.15. The molecule has 7 heteroatoms. The summed E-state index contributed by atoms with van der Waals surface area (Å²) in [6, 6.07) is 5.86. The monoisotopic (exact) mass is 250 g/mol. The molecule has 0 unspecified atom stereocenters. The number of hydrogen-bond acceptors (Lipinski definition) is 7. The molecule has 0 aromatic carbocycles. The summed E-state index contributed by atoms with van der Waals surface area (Å²) >= 11 is 1.74. The molecule has 0 bridgehead atoms. The molecule has 0 aliphatic heterocycles. The highest BCUT2D eigenvalue weighted by Gasteiger charge is 2.01. The summed E-state index contributed by atoms with van der Waals surface area (Å²) in [5, 5.41) is 5.24. The van der Waals surface area contributed by atoms with E-state index in [1.165, 1.54) is 4.88 Å². The van der Waals surface area contributed by atoms with Crippen LogP contribution in [0.5, 0.6) is 0 Å². The Labute approximate surface area is 103 Å². The van der Waals surface area contributed by atoms with Crippen LogP contribution in [0.15, 0.2) is 23.6 Å². The van der Waals surface area contributed by atoms with Crippen LogP contribution in [0.4, 0.5) is 17.6 Å². The number of nitrogens with one attached hydrogen (secondary N) is 2. The zero-order valence-corrected chi connectivity index (χ0v) is 10.00. The molecule has 0 saturated carbocycles. The molecular weight excluding hydrogens is 236 g/mol. The lowest BCUT2D eigenvalue weighted by molar-refractivity contribution is 1.02. The summed E-state index contributed by atoms with van der Waals surface area (Å²) in [4.78, 5) is 9.30. The molecule has 2 aromatic rings. The zero-order chi connectivity index (χ0) is 12.1. The second-order valence-electron chi connectivity index (χ2n) is 3.40. The predicted octanol–water partition coefficient (Wildman–Crippen LogP) is 1.06. The van der Waals surface area contributed by atoms with E-state index < -0.39 is 0 Å². The minimum Gasteiger partial charge on any atom is -0.369 e. The van der Waals surface area contributed by atoms with Gasteiger partial charge in [0, 0.05) is 17.5 Å². The van der Waals surface area contributed by atoms with Crippen LogP contribution < -0.4 is 22.3 Å². The van der Waals surface area contributed by atoms with Crippen LogP contribution in [0.3, 0.4) is 0 Å². The SMILES string of the molecule is NNc1cc(NCCc2cccs2)nc(N)n1. The molecule has 0 aliphatic carbocycles. The van der Waals surface area contributed by atoms with Crippen molar-refractivity contribution in [3.8, 4) is 0 Å².